The van der Waals surface area contributed by atoms with E-state index in [1.165, 1.54) is 6.08 Å². The van der Waals surface area contributed by atoms with Crippen LogP contribution in [0.2, 0.25) is 0 Å². The van der Waals surface area contributed by atoms with Crippen LogP contribution in [0.5, 0.6) is 0 Å². The minimum absolute atomic E-state index is 0.234. The van der Waals surface area contributed by atoms with Gasteiger partial charge in [0.1, 0.15) is 0 Å². The lowest BCUT2D eigenvalue weighted by atomic mass is 10.5. The zero-order valence-electron chi connectivity index (χ0n) is 4.93. The average molecular weight is 165 g/mol. The Hall–Kier alpha value is -0.340. The minimum Gasteiger partial charge on any atom is -0.166 e. The Morgan fingerprint density at radius 1 is 1.56 bits per heavy atom. The zero-order valence-corrected chi connectivity index (χ0v) is 6.45. The Morgan fingerprint density at radius 3 is 2.44 bits per heavy atom. The Labute approximate surface area is 63.9 Å². The van der Waals surface area contributed by atoms with Crippen LogP contribution in [-0.4, -0.2) is 11.9 Å². The third kappa shape index (κ3) is 5.53. The Kier molecular flexibility index (Phi) is 4.36. The van der Waals surface area contributed by atoms with Gasteiger partial charge in [0.25, 0.3) is 0 Å². The lowest BCUT2D eigenvalue weighted by Gasteiger charge is -1.83. The van der Waals surface area contributed by atoms with Gasteiger partial charge in [0.2, 0.25) is 0 Å². The van der Waals surface area contributed by atoms with Crippen molar-refractivity contribution in [1.82, 2.24) is 0 Å². The first-order valence-corrected chi connectivity index (χ1v) is 2.95. The van der Waals surface area contributed by atoms with E-state index in [2.05, 4.69) is 16.9 Å². The van der Waals surface area contributed by atoms with Crippen LogP contribution in [-0.2, 0) is 0 Å². The second-order valence-electron chi connectivity index (χ2n) is 1.30. The minimum atomic E-state index is 0.234. The molecule has 0 aliphatic heterocycles. The molecule has 0 amide bonds. The molecule has 0 aromatic rings. The first-order valence-electron chi connectivity index (χ1n) is 2.20. The van der Waals surface area contributed by atoms with Crippen molar-refractivity contribution >= 4 is 35.1 Å². The summed E-state index contributed by atoms with van der Waals surface area (Å²) in [7, 11) is 0. The predicted molar refractivity (Wildman–Crippen MR) is 42.4 cm³/mol. The molecular weight excluding hydrogens is 159 g/mol. The smallest absolute Gasteiger partial charge is 0.152 e. The molecule has 2 nitrogen and oxygen atoms in total. The molecule has 9 heavy (non-hydrogen) atoms. The van der Waals surface area contributed by atoms with Gasteiger partial charge < -0.3 is 0 Å². The molecule has 0 rings (SSSR count). The van der Waals surface area contributed by atoms with Gasteiger partial charge in [-0.2, -0.15) is 5.10 Å². The van der Waals surface area contributed by atoms with Crippen LogP contribution in [0.15, 0.2) is 21.3 Å². The van der Waals surface area contributed by atoms with Gasteiger partial charge in [0.05, 0.1) is 0 Å². The quantitative estimate of drug-likeness (QED) is 0.443. The zero-order chi connectivity index (χ0) is 7.28. The molecule has 0 aliphatic rings. The molecule has 4 heteroatoms. The van der Waals surface area contributed by atoms with Crippen molar-refractivity contribution in [3.05, 3.63) is 11.1 Å². The maximum Gasteiger partial charge on any atom is 0.152 e. The third-order valence-electron chi connectivity index (χ3n) is 0.484. The van der Waals surface area contributed by atoms with E-state index in [4.69, 9.17) is 23.2 Å². The summed E-state index contributed by atoms with van der Waals surface area (Å²) in [6.07, 6.45) is 1.48. The Balaban J connectivity index is 4.05. The lowest BCUT2D eigenvalue weighted by Crippen LogP contribution is -1.77. The van der Waals surface area contributed by atoms with Crippen LogP contribution in [0, 0.1) is 0 Å². The number of nitrogens with zero attached hydrogens (tertiary/aromatic N) is 2. The topological polar surface area (TPSA) is 24.7 Å². The molecule has 0 spiro atoms. The maximum atomic E-state index is 5.44. The summed E-state index contributed by atoms with van der Waals surface area (Å²) in [4.78, 5) is 0. The van der Waals surface area contributed by atoms with Crippen molar-refractivity contribution < 1.29 is 0 Å². The molecule has 0 saturated carbocycles. The van der Waals surface area contributed by atoms with Crippen molar-refractivity contribution in [2.75, 3.05) is 0 Å². The van der Waals surface area contributed by atoms with Crippen molar-refractivity contribution in [2.24, 2.45) is 10.2 Å². The summed E-state index contributed by atoms with van der Waals surface area (Å²) >= 11 is 10.9. The molecule has 0 unspecified atom stereocenters. The molecule has 0 N–H and O–H groups in total. The van der Waals surface area contributed by atoms with Gasteiger partial charge in [-0.25, -0.2) is 0 Å². The monoisotopic (exact) mass is 164 g/mol. The summed E-state index contributed by atoms with van der Waals surface area (Å²) in [6, 6.07) is 0. The van der Waals surface area contributed by atoms with Gasteiger partial charge in [0, 0.05) is 11.7 Å². The van der Waals surface area contributed by atoms with E-state index in [1.54, 1.807) is 6.92 Å². The molecular formula is C5H6Cl2N2. The predicted octanol–water partition coefficient (Wildman–Crippen LogP) is 2.38. The fraction of sp³-hybridized carbons (Fsp3) is 0.200. The second kappa shape index (κ2) is 4.53. The molecule has 0 aromatic carbocycles. The Morgan fingerprint density at radius 2 is 2.11 bits per heavy atom. The standard InChI is InChI=1S/C5H6Cl2N2/c1-4(6)3-5(7)9-8-2/h3H,2H2,1H3. The average Bonchev–Trinajstić information content (AvgIpc) is 1.63. The number of hydrogen-bond acceptors (Lipinski definition) is 2. The van der Waals surface area contributed by atoms with Crippen LogP contribution in [0.3, 0.4) is 0 Å². The molecule has 0 saturated heterocycles. The highest BCUT2D eigenvalue weighted by Gasteiger charge is 1.85. The highest BCUT2D eigenvalue weighted by Crippen LogP contribution is 2.00. The lowest BCUT2D eigenvalue weighted by molar-refractivity contribution is 1.28. The van der Waals surface area contributed by atoms with E-state index < -0.39 is 0 Å². The van der Waals surface area contributed by atoms with Gasteiger partial charge in [-0.3, -0.25) is 0 Å². The number of halogens is 2. The van der Waals surface area contributed by atoms with Crippen LogP contribution in [0.4, 0.5) is 0 Å². The molecule has 0 atom stereocenters. The van der Waals surface area contributed by atoms with E-state index >= 15 is 0 Å². The van der Waals surface area contributed by atoms with Crippen molar-refractivity contribution in [3.8, 4) is 0 Å². The van der Waals surface area contributed by atoms with E-state index in [9.17, 15) is 0 Å². The van der Waals surface area contributed by atoms with E-state index in [1.807, 2.05) is 0 Å². The summed E-state index contributed by atoms with van der Waals surface area (Å²) in [5.41, 5.74) is 0. The maximum absolute atomic E-state index is 5.44. The number of hydrogen-bond donors (Lipinski definition) is 0. The highest BCUT2D eigenvalue weighted by molar-refractivity contribution is 6.68. The van der Waals surface area contributed by atoms with Gasteiger partial charge in [-0.05, 0) is 13.0 Å². The highest BCUT2D eigenvalue weighted by atomic mass is 35.5. The molecule has 0 bridgehead atoms. The fourth-order valence-corrected chi connectivity index (χ4v) is 0.637. The fourth-order valence-electron chi connectivity index (χ4n) is 0.261. The molecule has 50 valence electrons. The van der Waals surface area contributed by atoms with E-state index in [0.717, 1.165) is 0 Å². The van der Waals surface area contributed by atoms with Gasteiger partial charge in [-0.15, -0.1) is 5.10 Å². The largest absolute Gasteiger partial charge is 0.166 e. The summed E-state index contributed by atoms with van der Waals surface area (Å²) in [5.74, 6) is 0. The van der Waals surface area contributed by atoms with Crippen LogP contribution in [0.25, 0.3) is 0 Å². The number of rotatable bonds is 2. The molecule has 0 aliphatic carbocycles. The summed E-state index contributed by atoms with van der Waals surface area (Å²) in [5, 5.41) is 7.39. The number of allylic oxidation sites excluding steroid dienone is 2. The molecule has 0 fully saturated rings. The van der Waals surface area contributed by atoms with E-state index in [0.29, 0.717) is 5.03 Å². The first kappa shape index (κ1) is 8.66. The molecule has 0 radical (unpaired) electrons. The second-order valence-corrected chi connectivity index (χ2v) is 2.28. The van der Waals surface area contributed by atoms with Crippen LogP contribution >= 0.6 is 23.2 Å². The van der Waals surface area contributed by atoms with Crippen molar-refractivity contribution in [3.63, 3.8) is 0 Å². The van der Waals surface area contributed by atoms with Crippen molar-refractivity contribution in [2.45, 2.75) is 6.92 Å². The summed E-state index contributed by atoms with van der Waals surface area (Å²) < 4.78 is 0. The molecule has 0 aromatic heterocycles. The molecule has 0 heterocycles. The normalized spacial score (nSPS) is 13.7. The van der Waals surface area contributed by atoms with Gasteiger partial charge in [0.15, 0.2) is 5.17 Å². The third-order valence-corrected chi connectivity index (χ3v) is 0.778. The van der Waals surface area contributed by atoms with Gasteiger partial charge >= 0.3 is 0 Å². The summed E-state index contributed by atoms with van der Waals surface area (Å²) in [6.45, 7) is 4.81. The van der Waals surface area contributed by atoms with Crippen LogP contribution < -0.4 is 0 Å². The first-order chi connectivity index (χ1) is 4.16. The SMILES string of the molecule is C=NN=C(Cl)C=C(C)Cl. The van der Waals surface area contributed by atoms with Crippen LogP contribution in [0.1, 0.15) is 6.92 Å². The Bertz CT molecular complexity index is 156. The van der Waals surface area contributed by atoms with Gasteiger partial charge in [-0.1, -0.05) is 23.2 Å². The van der Waals surface area contributed by atoms with Crippen molar-refractivity contribution in [1.29, 1.82) is 0 Å². The van der Waals surface area contributed by atoms with E-state index in [-0.39, 0.29) is 5.17 Å².